The first-order valence-corrected chi connectivity index (χ1v) is 11.9. The van der Waals surface area contributed by atoms with E-state index in [1.54, 1.807) is 65.7 Å². The zero-order valence-corrected chi connectivity index (χ0v) is 19.8. The van der Waals surface area contributed by atoms with Crippen LogP contribution in [0.2, 0.25) is 0 Å². The molecule has 0 radical (unpaired) electrons. The van der Waals surface area contributed by atoms with Crippen LogP contribution in [-0.4, -0.2) is 27.5 Å². The molecule has 0 saturated carbocycles. The van der Waals surface area contributed by atoms with Gasteiger partial charge >= 0.3 is 11.8 Å². The summed E-state index contributed by atoms with van der Waals surface area (Å²) in [5.74, 6) is -1.46. The predicted octanol–water partition coefficient (Wildman–Crippen LogP) is 4.38. The predicted molar refractivity (Wildman–Crippen MR) is 130 cm³/mol. The number of amides is 3. The number of benzene rings is 1. The summed E-state index contributed by atoms with van der Waals surface area (Å²) in [6.45, 7) is 5.89. The lowest BCUT2D eigenvalue weighted by atomic mass is 9.93. The summed E-state index contributed by atoms with van der Waals surface area (Å²) in [7, 11) is 0. The van der Waals surface area contributed by atoms with E-state index in [0.29, 0.717) is 11.4 Å². The van der Waals surface area contributed by atoms with Gasteiger partial charge in [0.1, 0.15) is 6.04 Å². The Kier molecular flexibility index (Phi) is 8.37. The fourth-order valence-electron chi connectivity index (χ4n) is 3.60. The van der Waals surface area contributed by atoms with E-state index in [1.165, 1.54) is 0 Å². The molecule has 3 N–H and O–H groups in total. The number of rotatable bonds is 9. The molecule has 3 rings (SSSR count). The molecule has 2 aromatic heterocycles. The van der Waals surface area contributed by atoms with Crippen molar-refractivity contribution in [3.05, 3.63) is 65.1 Å². The smallest absolute Gasteiger partial charge is 0.313 e. The van der Waals surface area contributed by atoms with Crippen molar-refractivity contribution < 1.29 is 14.4 Å². The Balaban J connectivity index is 1.63. The highest BCUT2D eigenvalue weighted by molar-refractivity contribution is 7.10. The van der Waals surface area contributed by atoms with E-state index in [-0.39, 0.29) is 17.9 Å². The molecule has 2 heterocycles. The van der Waals surface area contributed by atoms with Gasteiger partial charge in [0.15, 0.2) is 0 Å². The molecule has 2 unspecified atom stereocenters. The number of nitrogens with one attached hydrogen (secondary N) is 3. The van der Waals surface area contributed by atoms with Crippen LogP contribution < -0.4 is 16.0 Å². The van der Waals surface area contributed by atoms with Crippen molar-refractivity contribution in [2.75, 3.05) is 10.6 Å². The van der Waals surface area contributed by atoms with Gasteiger partial charge in [-0.25, -0.2) is 0 Å². The molecular weight excluding hydrogens is 438 g/mol. The molecule has 0 bridgehead atoms. The highest BCUT2D eigenvalue weighted by Crippen LogP contribution is 2.30. The molecule has 8 nitrogen and oxygen atoms in total. The van der Waals surface area contributed by atoms with Gasteiger partial charge in [-0.15, -0.1) is 11.3 Å². The van der Waals surface area contributed by atoms with E-state index >= 15 is 0 Å². The Morgan fingerprint density at radius 2 is 1.73 bits per heavy atom. The summed E-state index contributed by atoms with van der Waals surface area (Å²) in [5, 5.41) is 14.4. The fourth-order valence-corrected chi connectivity index (χ4v) is 4.46. The lowest BCUT2D eigenvalue weighted by molar-refractivity contribution is -0.136. The SMILES string of the molecule is CCC(CC)C(NC(=O)C(=O)Nc1cccc(NC(=O)C(C)n2cccn2)c1)c1cccs1. The average Bonchev–Trinajstić information content (AvgIpc) is 3.53. The number of carbonyl (C=O) groups is 3. The number of aromatic nitrogens is 2. The maximum Gasteiger partial charge on any atom is 0.313 e. The third-order valence-electron chi connectivity index (χ3n) is 5.55. The standard InChI is InChI=1S/C24H29N5O3S/c1-4-17(5-2)21(20-11-7-14-33-20)28-24(32)23(31)27-19-10-6-9-18(15-19)26-22(30)16(3)29-13-8-12-25-29/h6-17,21H,4-5H2,1-3H3,(H,26,30)(H,27,31)(H,28,32). The van der Waals surface area contributed by atoms with E-state index in [9.17, 15) is 14.4 Å². The van der Waals surface area contributed by atoms with Crippen LogP contribution in [0.5, 0.6) is 0 Å². The minimum absolute atomic E-state index is 0.215. The van der Waals surface area contributed by atoms with Gasteiger partial charge in [0, 0.05) is 28.6 Å². The zero-order chi connectivity index (χ0) is 23.8. The summed E-state index contributed by atoms with van der Waals surface area (Å²) in [5.41, 5.74) is 0.917. The number of hydrogen-bond acceptors (Lipinski definition) is 5. The van der Waals surface area contributed by atoms with Crippen LogP contribution in [-0.2, 0) is 14.4 Å². The second kappa shape index (κ2) is 11.4. The summed E-state index contributed by atoms with van der Waals surface area (Å²) in [4.78, 5) is 38.8. The molecule has 3 amide bonds. The molecule has 2 atom stereocenters. The topological polar surface area (TPSA) is 105 Å². The monoisotopic (exact) mass is 467 g/mol. The number of carbonyl (C=O) groups excluding carboxylic acids is 3. The van der Waals surface area contributed by atoms with Crippen LogP contribution in [0.25, 0.3) is 0 Å². The highest BCUT2D eigenvalue weighted by atomic mass is 32.1. The van der Waals surface area contributed by atoms with Crippen molar-refractivity contribution in [2.45, 2.75) is 45.7 Å². The molecule has 0 saturated heterocycles. The minimum atomic E-state index is -0.754. The van der Waals surface area contributed by atoms with Crippen LogP contribution in [0.3, 0.4) is 0 Å². The van der Waals surface area contributed by atoms with Gasteiger partial charge in [-0.05, 0) is 48.6 Å². The Labute approximate surface area is 197 Å². The lowest BCUT2D eigenvalue weighted by Gasteiger charge is -2.25. The number of hydrogen-bond donors (Lipinski definition) is 3. The normalized spacial score (nSPS) is 12.7. The number of thiophene rings is 1. The van der Waals surface area contributed by atoms with Crippen molar-refractivity contribution in [1.29, 1.82) is 0 Å². The van der Waals surface area contributed by atoms with Gasteiger partial charge in [-0.2, -0.15) is 5.10 Å². The van der Waals surface area contributed by atoms with E-state index in [4.69, 9.17) is 0 Å². The molecule has 0 fully saturated rings. The van der Waals surface area contributed by atoms with Gasteiger partial charge in [-0.1, -0.05) is 38.8 Å². The largest absolute Gasteiger partial charge is 0.340 e. The molecule has 33 heavy (non-hydrogen) atoms. The Bertz CT molecular complexity index is 1060. The van der Waals surface area contributed by atoms with E-state index in [1.807, 2.05) is 17.5 Å². The average molecular weight is 468 g/mol. The van der Waals surface area contributed by atoms with Gasteiger partial charge in [0.05, 0.1) is 6.04 Å². The van der Waals surface area contributed by atoms with Crippen molar-refractivity contribution >= 4 is 40.4 Å². The van der Waals surface area contributed by atoms with Crippen LogP contribution in [0.4, 0.5) is 11.4 Å². The van der Waals surface area contributed by atoms with Crippen LogP contribution in [0.1, 0.15) is 50.6 Å². The first-order valence-electron chi connectivity index (χ1n) is 11.0. The summed E-state index contributed by atoms with van der Waals surface area (Å²) in [6.07, 6.45) is 5.10. The Morgan fingerprint density at radius 1 is 1.00 bits per heavy atom. The van der Waals surface area contributed by atoms with Crippen molar-refractivity contribution in [1.82, 2.24) is 15.1 Å². The summed E-state index contributed by atoms with van der Waals surface area (Å²) in [6, 6.07) is 11.6. The molecule has 0 aliphatic carbocycles. The number of anilines is 2. The molecular formula is C24H29N5O3S. The number of nitrogens with zero attached hydrogens (tertiary/aromatic N) is 2. The summed E-state index contributed by atoms with van der Waals surface area (Å²) >= 11 is 1.56. The Morgan fingerprint density at radius 3 is 2.33 bits per heavy atom. The highest BCUT2D eigenvalue weighted by Gasteiger charge is 2.26. The second-order valence-electron chi connectivity index (χ2n) is 7.73. The molecule has 9 heteroatoms. The van der Waals surface area contributed by atoms with Crippen LogP contribution in [0, 0.1) is 5.92 Å². The Hall–Kier alpha value is -3.46. The minimum Gasteiger partial charge on any atom is -0.340 e. The van der Waals surface area contributed by atoms with Crippen molar-refractivity contribution in [2.24, 2.45) is 5.92 Å². The van der Waals surface area contributed by atoms with Gasteiger partial charge in [-0.3, -0.25) is 19.1 Å². The van der Waals surface area contributed by atoms with Crippen LogP contribution in [0.15, 0.2) is 60.2 Å². The second-order valence-corrected chi connectivity index (χ2v) is 8.71. The first kappa shape index (κ1) is 24.2. The lowest BCUT2D eigenvalue weighted by Crippen LogP contribution is -2.40. The molecule has 0 aliphatic heterocycles. The molecule has 3 aromatic rings. The molecule has 0 spiro atoms. The van der Waals surface area contributed by atoms with Crippen molar-refractivity contribution in [3.63, 3.8) is 0 Å². The van der Waals surface area contributed by atoms with Crippen molar-refractivity contribution in [3.8, 4) is 0 Å². The zero-order valence-electron chi connectivity index (χ0n) is 18.9. The fraction of sp³-hybridized carbons (Fsp3) is 0.333. The van der Waals surface area contributed by atoms with E-state index in [0.717, 1.165) is 17.7 Å². The maximum atomic E-state index is 12.7. The summed E-state index contributed by atoms with van der Waals surface area (Å²) < 4.78 is 1.55. The van der Waals surface area contributed by atoms with Gasteiger partial charge < -0.3 is 16.0 Å². The molecule has 0 aliphatic rings. The molecule has 1 aromatic carbocycles. The first-order chi connectivity index (χ1) is 15.9. The molecule has 174 valence electrons. The maximum absolute atomic E-state index is 12.7. The van der Waals surface area contributed by atoms with Gasteiger partial charge in [0.2, 0.25) is 5.91 Å². The van der Waals surface area contributed by atoms with Gasteiger partial charge in [0.25, 0.3) is 0 Å². The third kappa shape index (κ3) is 6.29. The van der Waals surface area contributed by atoms with E-state index < -0.39 is 17.9 Å². The van der Waals surface area contributed by atoms with E-state index in [2.05, 4.69) is 34.9 Å². The third-order valence-corrected chi connectivity index (χ3v) is 6.51. The van der Waals surface area contributed by atoms with Crippen LogP contribution >= 0.6 is 11.3 Å². The quantitative estimate of drug-likeness (QED) is 0.406.